The molecule has 402 valence electrons. The molecule has 0 aromatic carbocycles. The number of esters is 3. The zero-order valence-electron chi connectivity index (χ0n) is 46.1. The van der Waals surface area contributed by atoms with Crippen LogP contribution in [-0.4, -0.2) is 37.2 Å². The Kier molecular flexibility index (Phi) is 55.7. The fourth-order valence-corrected chi connectivity index (χ4v) is 8.74. The van der Waals surface area contributed by atoms with Gasteiger partial charge in [-0.1, -0.05) is 262 Å². The van der Waals surface area contributed by atoms with Crippen LogP contribution in [0.3, 0.4) is 0 Å². The second-order valence-electron chi connectivity index (χ2n) is 20.3. The third-order valence-electron chi connectivity index (χ3n) is 13.3. The molecule has 0 spiro atoms. The van der Waals surface area contributed by atoms with E-state index in [4.69, 9.17) is 14.2 Å². The monoisotopic (exact) mass is 967 g/mol. The van der Waals surface area contributed by atoms with Crippen LogP contribution < -0.4 is 0 Å². The molecule has 0 fully saturated rings. The van der Waals surface area contributed by atoms with E-state index < -0.39 is 6.10 Å². The zero-order valence-corrected chi connectivity index (χ0v) is 46.1. The minimum absolute atomic E-state index is 0.0758. The minimum atomic E-state index is -0.779. The van der Waals surface area contributed by atoms with Crippen molar-refractivity contribution in [3.63, 3.8) is 0 Å². The van der Waals surface area contributed by atoms with Crippen LogP contribution >= 0.6 is 0 Å². The highest BCUT2D eigenvalue weighted by Crippen LogP contribution is 2.16. The van der Waals surface area contributed by atoms with Crippen LogP contribution in [-0.2, 0) is 28.6 Å². The molecule has 0 heterocycles. The predicted octanol–water partition coefficient (Wildman–Crippen LogP) is 20.2. The Morgan fingerprint density at radius 1 is 0.290 bits per heavy atom. The van der Waals surface area contributed by atoms with Gasteiger partial charge in [0.1, 0.15) is 13.2 Å². The molecule has 0 rings (SSSR count). The number of carbonyl (C=O) groups excluding carboxylic acids is 3. The van der Waals surface area contributed by atoms with E-state index in [0.29, 0.717) is 19.3 Å². The van der Waals surface area contributed by atoms with Crippen LogP contribution in [0.5, 0.6) is 0 Å². The van der Waals surface area contributed by atoms with Crippen molar-refractivity contribution in [2.75, 3.05) is 13.2 Å². The van der Waals surface area contributed by atoms with E-state index in [0.717, 1.165) is 77.0 Å². The summed E-state index contributed by atoms with van der Waals surface area (Å²) in [5.41, 5.74) is 0. The molecular formula is C63H114O6. The Hall–Kier alpha value is -2.63. The van der Waals surface area contributed by atoms with E-state index in [9.17, 15) is 14.4 Å². The molecule has 0 amide bonds. The molecule has 0 saturated carbocycles. The molecule has 0 saturated heterocycles. The van der Waals surface area contributed by atoms with Crippen LogP contribution in [0.2, 0.25) is 0 Å². The average Bonchev–Trinajstić information content (AvgIpc) is 3.35. The van der Waals surface area contributed by atoms with Crippen molar-refractivity contribution in [3.05, 3.63) is 48.6 Å². The Bertz CT molecular complexity index is 1200. The first kappa shape index (κ1) is 66.4. The molecule has 6 heteroatoms. The fourth-order valence-electron chi connectivity index (χ4n) is 8.74. The molecule has 0 aromatic rings. The molecule has 0 bridgehead atoms. The smallest absolute Gasteiger partial charge is 0.306 e. The lowest BCUT2D eigenvalue weighted by molar-refractivity contribution is -0.167. The van der Waals surface area contributed by atoms with Crippen molar-refractivity contribution in [2.45, 2.75) is 322 Å². The second-order valence-corrected chi connectivity index (χ2v) is 20.3. The number of rotatable bonds is 55. The summed E-state index contributed by atoms with van der Waals surface area (Å²) in [4.78, 5) is 38.2. The summed E-state index contributed by atoms with van der Waals surface area (Å²) in [6, 6.07) is 0. The molecule has 0 radical (unpaired) electrons. The normalized spacial score (nSPS) is 12.3. The number of hydrogen-bond donors (Lipinski definition) is 0. The standard InChI is InChI=1S/C63H114O6/c1-4-7-10-13-16-19-22-25-28-30-31-33-35-38-41-44-47-50-53-56-62(65)68-59-60(58-67-61(64)55-52-49-46-43-40-37-34-27-24-21-18-15-12-9-6-3)69-63(66)57-54-51-48-45-42-39-36-32-29-26-23-20-17-14-11-8-5-2/h16,19,25-26,28-29,31,33,60H,4-15,17-18,20-24,27,30,32,34-59H2,1-3H3/b19-16-,28-25-,29-26-,33-31-. The van der Waals surface area contributed by atoms with E-state index >= 15 is 0 Å². The van der Waals surface area contributed by atoms with Gasteiger partial charge >= 0.3 is 17.9 Å². The Morgan fingerprint density at radius 3 is 0.855 bits per heavy atom. The third kappa shape index (κ3) is 56.2. The van der Waals surface area contributed by atoms with Crippen molar-refractivity contribution in [3.8, 4) is 0 Å². The predicted molar refractivity (Wildman–Crippen MR) is 298 cm³/mol. The third-order valence-corrected chi connectivity index (χ3v) is 13.3. The lowest BCUT2D eigenvalue weighted by atomic mass is 10.0. The van der Waals surface area contributed by atoms with Crippen LogP contribution in [0.25, 0.3) is 0 Å². The number of hydrogen-bond acceptors (Lipinski definition) is 6. The van der Waals surface area contributed by atoms with Gasteiger partial charge < -0.3 is 14.2 Å². The van der Waals surface area contributed by atoms with Gasteiger partial charge in [0.15, 0.2) is 6.10 Å². The largest absolute Gasteiger partial charge is 0.462 e. The summed E-state index contributed by atoms with van der Waals surface area (Å²) in [5.74, 6) is -0.876. The van der Waals surface area contributed by atoms with Crippen molar-refractivity contribution in [1.82, 2.24) is 0 Å². The first-order valence-corrected chi connectivity index (χ1v) is 30.1. The highest BCUT2D eigenvalue weighted by molar-refractivity contribution is 5.71. The van der Waals surface area contributed by atoms with Gasteiger partial charge in [-0.15, -0.1) is 0 Å². The minimum Gasteiger partial charge on any atom is -0.462 e. The number of ether oxygens (including phenoxy) is 3. The molecule has 0 aliphatic heterocycles. The SMILES string of the molecule is CCCCC/C=C\C/C=C\C/C=C\CCCCCCCCC(=O)OCC(COC(=O)CCCCCCCCCCCCCCCCC)OC(=O)CCCCCCCCC/C=C\CCCCCCCC. The van der Waals surface area contributed by atoms with Crippen molar-refractivity contribution in [2.24, 2.45) is 0 Å². The van der Waals surface area contributed by atoms with Gasteiger partial charge in [0.2, 0.25) is 0 Å². The maximum atomic E-state index is 12.9. The maximum absolute atomic E-state index is 12.9. The molecule has 6 nitrogen and oxygen atoms in total. The van der Waals surface area contributed by atoms with E-state index in [1.807, 2.05) is 0 Å². The first-order chi connectivity index (χ1) is 34.0. The van der Waals surface area contributed by atoms with Crippen LogP contribution in [0.4, 0.5) is 0 Å². The van der Waals surface area contributed by atoms with Gasteiger partial charge in [-0.05, 0) is 83.5 Å². The lowest BCUT2D eigenvalue weighted by Crippen LogP contribution is -2.30. The number of carbonyl (C=O) groups is 3. The number of allylic oxidation sites excluding steroid dienone is 8. The van der Waals surface area contributed by atoms with Crippen LogP contribution in [0, 0.1) is 0 Å². The van der Waals surface area contributed by atoms with Gasteiger partial charge in [0.05, 0.1) is 0 Å². The van der Waals surface area contributed by atoms with Crippen LogP contribution in [0.1, 0.15) is 316 Å². The van der Waals surface area contributed by atoms with Crippen molar-refractivity contribution in [1.29, 1.82) is 0 Å². The fraction of sp³-hybridized carbons (Fsp3) is 0.825. The second kappa shape index (κ2) is 57.9. The van der Waals surface area contributed by atoms with E-state index in [1.165, 1.54) is 199 Å². The van der Waals surface area contributed by atoms with Gasteiger partial charge in [-0.25, -0.2) is 0 Å². The van der Waals surface area contributed by atoms with E-state index in [2.05, 4.69) is 69.4 Å². The lowest BCUT2D eigenvalue weighted by Gasteiger charge is -2.18. The van der Waals surface area contributed by atoms with Crippen LogP contribution in [0.15, 0.2) is 48.6 Å². The quantitative estimate of drug-likeness (QED) is 0.0262. The molecule has 0 aliphatic carbocycles. The summed E-state index contributed by atoms with van der Waals surface area (Å²) < 4.78 is 16.9. The summed E-state index contributed by atoms with van der Waals surface area (Å²) in [6.45, 7) is 6.64. The summed E-state index contributed by atoms with van der Waals surface area (Å²) in [5, 5.41) is 0. The average molecular weight is 968 g/mol. The van der Waals surface area contributed by atoms with Crippen molar-refractivity contribution >= 4 is 17.9 Å². The molecule has 0 aromatic heterocycles. The molecule has 69 heavy (non-hydrogen) atoms. The molecule has 0 aliphatic rings. The molecule has 0 N–H and O–H groups in total. The van der Waals surface area contributed by atoms with Gasteiger partial charge in [0, 0.05) is 19.3 Å². The topological polar surface area (TPSA) is 78.9 Å². The van der Waals surface area contributed by atoms with Crippen molar-refractivity contribution < 1.29 is 28.6 Å². The Morgan fingerprint density at radius 2 is 0.522 bits per heavy atom. The number of unbranched alkanes of at least 4 members (excludes halogenated alkanes) is 36. The highest BCUT2D eigenvalue weighted by Gasteiger charge is 2.19. The molecule has 1 unspecified atom stereocenters. The molecule has 1 atom stereocenters. The Labute approximate surface area is 428 Å². The zero-order chi connectivity index (χ0) is 50.0. The van der Waals surface area contributed by atoms with Gasteiger partial charge in [-0.2, -0.15) is 0 Å². The van der Waals surface area contributed by atoms with Gasteiger partial charge in [-0.3, -0.25) is 14.4 Å². The Balaban J connectivity index is 4.38. The molecular weight excluding hydrogens is 853 g/mol. The first-order valence-electron chi connectivity index (χ1n) is 30.1. The maximum Gasteiger partial charge on any atom is 0.306 e. The highest BCUT2D eigenvalue weighted by atomic mass is 16.6. The summed E-state index contributed by atoms with van der Waals surface area (Å²) in [6.07, 6.45) is 71.0. The summed E-state index contributed by atoms with van der Waals surface area (Å²) >= 11 is 0. The van der Waals surface area contributed by atoms with E-state index in [1.54, 1.807) is 0 Å². The van der Waals surface area contributed by atoms with Gasteiger partial charge in [0.25, 0.3) is 0 Å². The summed E-state index contributed by atoms with van der Waals surface area (Å²) in [7, 11) is 0. The van der Waals surface area contributed by atoms with E-state index in [-0.39, 0.29) is 31.1 Å².